The second-order valence-electron chi connectivity index (χ2n) is 3.08. The number of nitro groups is 1. The number of nitrogen functional groups attached to an aromatic ring is 2. The highest BCUT2D eigenvalue weighted by atomic mass is 16.6. The van der Waals surface area contributed by atoms with Gasteiger partial charge >= 0.3 is 5.69 Å². The zero-order valence-electron chi connectivity index (χ0n) is 7.68. The largest absolute Gasteiger partial charge is 0.397 e. The van der Waals surface area contributed by atoms with E-state index in [1.165, 1.54) is 6.20 Å². The van der Waals surface area contributed by atoms with Gasteiger partial charge in [-0.05, 0) is 17.5 Å². The van der Waals surface area contributed by atoms with Crippen LogP contribution in [0.5, 0.6) is 0 Å². The molecule has 6 heteroatoms. The topological polar surface area (TPSA) is 108 Å². The second-order valence-corrected chi connectivity index (χ2v) is 3.08. The number of aromatic nitrogens is 1. The first-order chi connectivity index (χ1) is 7.11. The average molecular weight is 204 g/mol. The molecule has 0 atom stereocenters. The third-order valence-electron chi connectivity index (χ3n) is 2.17. The molecule has 0 aliphatic heterocycles. The molecule has 0 aliphatic rings. The van der Waals surface area contributed by atoms with E-state index in [0.29, 0.717) is 10.8 Å². The fourth-order valence-corrected chi connectivity index (χ4v) is 1.45. The molecule has 0 spiro atoms. The van der Waals surface area contributed by atoms with Gasteiger partial charge in [-0.2, -0.15) is 0 Å². The average Bonchev–Trinajstić information content (AvgIpc) is 2.19. The van der Waals surface area contributed by atoms with Crippen molar-refractivity contribution < 1.29 is 4.92 Å². The van der Waals surface area contributed by atoms with Gasteiger partial charge in [-0.1, -0.05) is 0 Å². The Morgan fingerprint density at radius 1 is 1.40 bits per heavy atom. The summed E-state index contributed by atoms with van der Waals surface area (Å²) in [6.07, 6.45) is 2.95. The lowest BCUT2D eigenvalue weighted by molar-refractivity contribution is -0.382. The van der Waals surface area contributed by atoms with Crippen molar-refractivity contribution in [2.45, 2.75) is 0 Å². The molecule has 0 unspecified atom stereocenters. The quantitative estimate of drug-likeness (QED) is 0.413. The van der Waals surface area contributed by atoms with Crippen molar-refractivity contribution in [3.63, 3.8) is 0 Å². The zero-order valence-corrected chi connectivity index (χ0v) is 7.68. The summed E-state index contributed by atoms with van der Waals surface area (Å²) in [5.74, 6) is 0. The zero-order chi connectivity index (χ0) is 11.0. The van der Waals surface area contributed by atoms with E-state index in [4.69, 9.17) is 11.5 Å². The summed E-state index contributed by atoms with van der Waals surface area (Å²) < 4.78 is 0. The SMILES string of the molecule is Nc1cc2ccncc2c([N+](=O)[O-])c1N. The van der Waals surface area contributed by atoms with Crippen molar-refractivity contribution in [3.05, 3.63) is 34.6 Å². The Balaban J connectivity index is 2.95. The van der Waals surface area contributed by atoms with Crippen LogP contribution in [-0.4, -0.2) is 9.91 Å². The van der Waals surface area contributed by atoms with Gasteiger partial charge in [0.25, 0.3) is 0 Å². The summed E-state index contributed by atoms with van der Waals surface area (Å²) in [6.45, 7) is 0. The molecule has 6 nitrogen and oxygen atoms in total. The minimum Gasteiger partial charge on any atom is -0.397 e. The number of hydrogen-bond acceptors (Lipinski definition) is 5. The lowest BCUT2D eigenvalue weighted by Gasteiger charge is -2.04. The first-order valence-corrected chi connectivity index (χ1v) is 4.17. The van der Waals surface area contributed by atoms with Gasteiger partial charge in [0.2, 0.25) is 0 Å². The highest BCUT2D eigenvalue weighted by Gasteiger charge is 2.19. The highest BCUT2D eigenvalue weighted by Crippen LogP contribution is 2.35. The van der Waals surface area contributed by atoms with Gasteiger partial charge in [-0.15, -0.1) is 0 Å². The third-order valence-corrected chi connectivity index (χ3v) is 2.17. The monoisotopic (exact) mass is 204 g/mol. The van der Waals surface area contributed by atoms with Gasteiger partial charge in [-0.25, -0.2) is 0 Å². The fraction of sp³-hybridized carbons (Fsp3) is 0. The molecule has 0 saturated heterocycles. The van der Waals surface area contributed by atoms with Crippen LogP contribution in [0.1, 0.15) is 0 Å². The van der Waals surface area contributed by atoms with Crippen LogP contribution in [-0.2, 0) is 0 Å². The molecule has 0 amide bonds. The first-order valence-electron chi connectivity index (χ1n) is 4.17. The molecule has 2 rings (SSSR count). The Hall–Kier alpha value is -2.37. The van der Waals surface area contributed by atoms with Crippen LogP contribution in [0.25, 0.3) is 10.8 Å². The van der Waals surface area contributed by atoms with E-state index in [2.05, 4.69) is 4.98 Å². The van der Waals surface area contributed by atoms with E-state index < -0.39 is 4.92 Å². The third kappa shape index (κ3) is 1.32. The normalized spacial score (nSPS) is 10.4. The van der Waals surface area contributed by atoms with Gasteiger partial charge in [-0.3, -0.25) is 15.1 Å². The number of hydrogen-bond donors (Lipinski definition) is 2. The Labute approximate surface area is 84.7 Å². The molecule has 76 valence electrons. The summed E-state index contributed by atoms with van der Waals surface area (Å²) in [7, 11) is 0. The van der Waals surface area contributed by atoms with Crippen LogP contribution in [0.15, 0.2) is 24.5 Å². The van der Waals surface area contributed by atoms with E-state index in [9.17, 15) is 10.1 Å². The summed E-state index contributed by atoms with van der Waals surface area (Å²) in [4.78, 5) is 14.1. The lowest BCUT2D eigenvalue weighted by atomic mass is 10.1. The molecule has 2 aromatic rings. The molecule has 0 bridgehead atoms. The lowest BCUT2D eigenvalue weighted by Crippen LogP contribution is -2.01. The number of nitrogens with two attached hydrogens (primary N) is 2. The van der Waals surface area contributed by atoms with Crippen LogP contribution >= 0.6 is 0 Å². The highest BCUT2D eigenvalue weighted by molar-refractivity contribution is 6.00. The Morgan fingerprint density at radius 3 is 2.80 bits per heavy atom. The predicted molar refractivity (Wildman–Crippen MR) is 57.2 cm³/mol. The molecule has 1 aromatic heterocycles. The van der Waals surface area contributed by atoms with Crippen molar-refractivity contribution in [1.82, 2.24) is 4.98 Å². The molecule has 15 heavy (non-hydrogen) atoms. The van der Waals surface area contributed by atoms with Gasteiger partial charge < -0.3 is 11.5 Å². The van der Waals surface area contributed by atoms with Gasteiger partial charge in [0.1, 0.15) is 5.69 Å². The summed E-state index contributed by atoms with van der Waals surface area (Å²) >= 11 is 0. The maximum atomic E-state index is 10.8. The van der Waals surface area contributed by atoms with E-state index >= 15 is 0 Å². The number of fused-ring (bicyclic) bond motifs is 1. The van der Waals surface area contributed by atoms with Gasteiger partial charge in [0.05, 0.1) is 16.0 Å². The Bertz CT molecular complexity index is 553. The van der Waals surface area contributed by atoms with E-state index in [-0.39, 0.29) is 17.1 Å². The van der Waals surface area contributed by atoms with Gasteiger partial charge in [0.15, 0.2) is 0 Å². The number of nitrogens with zero attached hydrogens (tertiary/aromatic N) is 2. The van der Waals surface area contributed by atoms with E-state index in [0.717, 1.165) is 0 Å². The number of anilines is 2. The summed E-state index contributed by atoms with van der Waals surface area (Å²) in [6, 6.07) is 3.25. The van der Waals surface area contributed by atoms with Crippen molar-refractivity contribution in [2.24, 2.45) is 0 Å². The Kier molecular flexibility index (Phi) is 1.89. The fourth-order valence-electron chi connectivity index (χ4n) is 1.45. The van der Waals surface area contributed by atoms with E-state index in [1.54, 1.807) is 18.3 Å². The van der Waals surface area contributed by atoms with Crippen molar-refractivity contribution in [1.29, 1.82) is 0 Å². The molecule has 0 saturated carbocycles. The van der Waals surface area contributed by atoms with Crippen molar-refractivity contribution in [2.75, 3.05) is 11.5 Å². The molecule has 1 aromatic carbocycles. The van der Waals surface area contributed by atoms with Gasteiger partial charge in [0, 0.05) is 12.4 Å². The molecule has 0 radical (unpaired) electrons. The molecule has 1 heterocycles. The molecule has 0 fully saturated rings. The maximum absolute atomic E-state index is 10.8. The number of rotatable bonds is 1. The van der Waals surface area contributed by atoms with Crippen LogP contribution in [0.4, 0.5) is 17.1 Å². The minimum atomic E-state index is -0.546. The molecule has 0 aliphatic carbocycles. The van der Waals surface area contributed by atoms with Crippen LogP contribution < -0.4 is 11.5 Å². The van der Waals surface area contributed by atoms with Crippen LogP contribution in [0.3, 0.4) is 0 Å². The van der Waals surface area contributed by atoms with Crippen LogP contribution in [0, 0.1) is 10.1 Å². The Morgan fingerprint density at radius 2 is 2.13 bits per heavy atom. The molecular formula is C9H8N4O2. The van der Waals surface area contributed by atoms with Crippen molar-refractivity contribution >= 4 is 27.8 Å². The van der Waals surface area contributed by atoms with Crippen LogP contribution in [0.2, 0.25) is 0 Å². The summed E-state index contributed by atoms with van der Waals surface area (Å²) in [5.41, 5.74) is 11.1. The first kappa shape index (κ1) is 9.20. The van der Waals surface area contributed by atoms with E-state index in [1.807, 2.05) is 0 Å². The predicted octanol–water partition coefficient (Wildman–Crippen LogP) is 1.31. The summed E-state index contributed by atoms with van der Waals surface area (Å²) in [5, 5.41) is 11.9. The number of nitro benzene ring substituents is 1. The number of pyridine rings is 1. The standard InChI is InChI=1S/C9H8N4O2/c10-7-3-5-1-2-12-4-6(5)9(8(7)11)13(14)15/h1-4H,10-11H2. The maximum Gasteiger partial charge on any atom is 0.303 e. The smallest absolute Gasteiger partial charge is 0.303 e. The molecular weight excluding hydrogens is 196 g/mol. The number of benzene rings is 1. The minimum absolute atomic E-state index is 0.0134. The molecule has 4 N–H and O–H groups in total. The second kappa shape index (κ2) is 3.09. The van der Waals surface area contributed by atoms with Crippen molar-refractivity contribution in [3.8, 4) is 0 Å².